The van der Waals surface area contributed by atoms with Crippen LogP contribution >= 0.6 is 11.8 Å². The van der Waals surface area contributed by atoms with Gasteiger partial charge in [0, 0.05) is 6.42 Å². The van der Waals surface area contributed by atoms with Crippen molar-refractivity contribution in [2.24, 2.45) is 4.99 Å². The highest BCUT2D eigenvalue weighted by Gasteiger charge is 2.33. The van der Waals surface area contributed by atoms with Gasteiger partial charge in [0.25, 0.3) is 5.69 Å². The fourth-order valence-electron chi connectivity index (χ4n) is 3.06. The number of hydrogen-bond donors (Lipinski definition) is 2. The summed E-state index contributed by atoms with van der Waals surface area (Å²) in [5, 5.41) is 16.4. The molecule has 27 heavy (non-hydrogen) atoms. The fourth-order valence-corrected chi connectivity index (χ4v) is 4.10. The minimum Gasteiger partial charge on any atom is -0.496 e. The Labute approximate surface area is 160 Å². The molecule has 1 aliphatic heterocycles. The molecular weight excluding hydrogens is 372 g/mol. The second-order valence-corrected chi connectivity index (χ2v) is 7.55. The lowest BCUT2D eigenvalue weighted by molar-refractivity contribution is -0.384. The number of amidine groups is 1. The van der Waals surface area contributed by atoms with Gasteiger partial charge < -0.3 is 15.4 Å². The van der Waals surface area contributed by atoms with Crippen molar-refractivity contribution in [2.45, 2.75) is 43.4 Å². The zero-order chi connectivity index (χ0) is 19.4. The molecule has 10 heteroatoms. The Kier molecular flexibility index (Phi) is 5.94. The van der Waals surface area contributed by atoms with E-state index in [2.05, 4.69) is 15.6 Å². The first-order chi connectivity index (χ1) is 13.0. The Morgan fingerprint density at radius 3 is 2.85 bits per heavy atom. The van der Waals surface area contributed by atoms with Crippen LogP contribution in [0.5, 0.6) is 5.75 Å². The van der Waals surface area contributed by atoms with Crippen molar-refractivity contribution >= 4 is 40.1 Å². The van der Waals surface area contributed by atoms with Crippen LogP contribution in [0.3, 0.4) is 0 Å². The van der Waals surface area contributed by atoms with Crippen molar-refractivity contribution in [3.05, 3.63) is 28.3 Å². The van der Waals surface area contributed by atoms with E-state index >= 15 is 0 Å². The van der Waals surface area contributed by atoms with Gasteiger partial charge in [-0.25, -0.2) is 0 Å². The van der Waals surface area contributed by atoms with Gasteiger partial charge in [0.15, 0.2) is 5.17 Å². The zero-order valence-corrected chi connectivity index (χ0v) is 15.6. The van der Waals surface area contributed by atoms with Crippen LogP contribution in [-0.4, -0.2) is 40.3 Å². The van der Waals surface area contributed by atoms with E-state index in [0.717, 1.165) is 25.7 Å². The van der Waals surface area contributed by atoms with E-state index in [4.69, 9.17) is 4.74 Å². The molecule has 0 radical (unpaired) electrons. The second-order valence-electron chi connectivity index (χ2n) is 6.36. The van der Waals surface area contributed by atoms with Crippen molar-refractivity contribution in [3.63, 3.8) is 0 Å². The average Bonchev–Trinajstić information content (AvgIpc) is 3.25. The van der Waals surface area contributed by atoms with Gasteiger partial charge in [-0.05, 0) is 25.0 Å². The van der Waals surface area contributed by atoms with E-state index in [1.165, 1.54) is 37.1 Å². The molecule has 1 aromatic carbocycles. The summed E-state index contributed by atoms with van der Waals surface area (Å²) in [6.07, 6.45) is 4.24. The van der Waals surface area contributed by atoms with Gasteiger partial charge in [0.1, 0.15) is 16.7 Å². The Morgan fingerprint density at radius 1 is 1.44 bits per heavy atom. The van der Waals surface area contributed by atoms with E-state index in [1.807, 2.05) is 0 Å². The molecule has 0 spiro atoms. The highest BCUT2D eigenvalue weighted by Crippen LogP contribution is 2.30. The molecule has 0 aromatic heterocycles. The summed E-state index contributed by atoms with van der Waals surface area (Å²) in [6, 6.07) is 4.40. The van der Waals surface area contributed by atoms with Gasteiger partial charge in [-0.3, -0.25) is 24.7 Å². The summed E-state index contributed by atoms with van der Waals surface area (Å²) >= 11 is 1.24. The van der Waals surface area contributed by atoms with Gasteiger partial charge in [-0.15, -0.1) is 0 Å². The SMILES string of the molecule is COc1ccc(NC(=O)C[C@H]2SC(=NC3CCCC3)NC2=O)c([N+](=O)[O-])c1. The van der Waals surface area contributed by atoms with Crippen molar-refractivity contribution in [1.82, 2.24) is 5.32 Å². The topological polar surface area (TPSA) is 123 Å². The quantitative estimate of drug-likeness (QED) is 0.566. The maximum Gasteiger partial charge on any atom is 0.296 e. The Hall–Kier alpha value is -2.62. The zero-order valence-electron chi connectivity index (χ0n) is 14.8. The van der Waals surface area contributed by atoms with Gasteiger partial charge >= 0.3 is 0 Å². The van der Waals surface area contributed by atoms with Gasteiger partial charge in [-0.2, -0.15) is 0 Å². The van der Waals surface area contributed by atoms with Crippen LogP contribution in [0.4, 0.5) is 11.4 Å². The highest BCUT2D eigenvalue weighted by molar-refractivity contribution is 8.15. The predicted molar refractivity (Wildman–Crippen MR) is 102 cm³/mol. The number of nitrogens with one attached hydrogen (secondary N) is 2. The normalized spacial score (nSPS) is 21.3. The Balaban J connectivity index is 1.62. The van der Waals surface area contributed by atoms with Crippen molar-refractivity contribution in [3.8, 4) is 5.75 Å². The number of rotatable bonds is 6. The molecular formula is C17H20N4O5S. The second kappa shape index (κ2) is 8.38. The number of carbonyl (C=O) groups excluding carboxylic acids is 2. The van der Waals surface area contributed by atoms with E-state index in [0.29, 0.717) is 10.9 Å². The molecule has 1 atom stereocenters. The Morgan fingerprint density at radius 2 is 2.19 bits per heavy atom. The molecule has 1 aromatic rings. The maximum absolute atomic E-state index is 12.3. The molecule has 2 amide bonds. The summed E-state index contributed by atoms with van der Waals surface area (Å²) in [5.41, 5.74) is -0.205. The number of thioether (sulfide) groups is 1. The number of aliphatic imine (C=N–C) groups is 1. The van der Waals surface area contributed by atoms with E-state index in [9.17, 15) is 19.7 Å². The molecule has 2 N–H and O–H groups in total. The number of nitro groups is 1. The average molecular weight is 392 g/mol. The third kappa shape index (κ3) is 4.76. The lowest BCUT2D eigenvalue weighted by Crippen LogP contribution is -2.28. The number of nitrogens with zero attached hydrogens (tertiary/aromatic N) is 2. The van der Waals surface area contributed by atoms with Gasteiger partial charge in [-0.1, -0.05) is 24.6 Å². The molecule has 2 fully saturated rings. The summed E-state index contributed by atoms with van der Waals surface area (Å²) in [6.45, 7) is 0. The molecule has 0 unspecified atom stereocenters. The third-order valence-electron chi connectivity index (χ3n) is 4.45. The first-order valence-electron chi connectivity index (χ1n) is 8.64. The molecule has 144 valence electrons. The van der Waals surface area contributed by atoms with Crippen LogP contribution in [0.25, 0.3) is 0 Å². The number of ether oxygens (including phenoxy) is 1. The monoisotopic (exact) mass is 392 g/mol. The van der Waals surface area contributed by atoms with E-state index < -0.39 is 16.1 Å². The van der Waals surface area contributed by atoms with E-state index in [1.54, 1.807) is 0 Å². The molecule has 1 heterocycles. The molecule has 1 saturated carbocycles. The van der Waals surface area contributed by atoms with Crippen LogP contribution in [-0.2, 0) is 9.59 Å². The predicted octanol–water partition coefficient (Wildman–Crippen LogP) is 2.46. The summed E-state index contributed by atoms with van der Waals surface area (Å²) < 4.78 is 4.97. The smallest absolute Gasteiger partial charge is 0.296 e. The van der Waals surface area contributed by atoms with Crippen molar-refractivity contribution < 1.29 is 19.2 Å². The lowest BCUT2D eigenvalue weighted by Gasteiger charge is -2.09. The number of carbonyl (C=O) groups is 2. The first kappa shape index (κ1) is 19.2. The molecule has 1 aliphatic carbocycles. The summed E-state index contributed by atoms with van der Waals surface area (Å²) in [5.74, 6) is -0.424. The third-order valence-corrected chi connectivity index (χ3v) is 5.54. The van der Waals surface area contributed by atoms with Crippen LogP contribution in [0, 0.1) is 10.1 Å². The molecule has 9 nitrogen and oxygen atoms in total. The van der Waals surface area contributed by atoms with Crippen LogP contribution in [0.15, 0.2) is 23.2 Å². The number of methoxy groups -OCH3 is 1. The largest absolute Gasteiger partial charge is 0.496 e. The molecule has 3 rings (SSSR count). The first-order valence-corrected chi connectivity index (χ1v) is 9.52. The molecule has 2 aliphatic rings. The van der Waals surface area contributed by atoms with E-state index in [-0.39, 0.29) is 29.7 Å². The highest BCUT2D eigenvalue weighted by atomic mass is 32.2. The minimum atomic E-state index is -0.596. The van der Waals surface area contributed by atoms with Crippen LogP contribution < -0.4 is 15.4 Å². The standard InChI is InChI=1S/C17H20N4O5S/c1-26-11-6-7-12(13(8-11)21(24)25)19-15(22)9-14-16(23)20-17(27-14)18-10-4-2-3-5-10/h6-8,10,14H,2-5,9H2,1H3,(H,19,22)(H,18,20,23)/t14-/m1/s1. The molecule has 1 saturated heterocycles. The Bertz CT molecular complexity index is 792. The van der Waals surface area contributed by atoms with Crippen molar-refractivity contribution in [2.75, 3.05) is 12.4 Å². The van der Waals surface area contributed by atoms with Crippen LogP contribution in [0.2, 0.25) is 0 Å². The number of amides is 2. The number of nitro benzene ring substituents is 1. The van der Waals surface area contributed by atoms with Crippen LogP contribution in [0.1, 0.15) is 32.1 Å². The number of benzene rings is 1. The number of anilines is 1. The minimum absolute atomic E-state index is 0.0639. The molecule has 0 bridgehead atoms. The van der Waals surface area contributed by atoms with Gasteiger partial charge in [0.2, 0.25) is 11.8 Å². The van der Waals surface area contributed by atoms with Crippen molar-refractivity contribution in [1.29, 1.82) is 0 Å². The fraction of sp³-hybridized carbons (Fsp3) is 0.471. The lowest BCUT2D eigenvalue weighted by atomic mass is 10.2. The maximum atomic E-state index is 12.3. The summed E-state index contributed by atoms with van der Waals surface area (Å²) in [4.78, 5) is 39.5. The van der Waals surface area contributed by atoms with Gasteiger partial charge in [0.05, 0.1) is 24.1 Å². The summed E-state index contributed by atoms with van der Waals surface area (Å²) in [7, 11) is 1.40. The number of hydrogen-bond acceptors (Lipinski definition) is 7.